The summed E-state index contributed by atoms with van der Waals surface area (Å²) >= 11 is 0. The number of ether oxygens (including phenoxy) is 2. The molecule has 6 heteroatoms. The van der Waals surface area contributed by atoms with Gasteiger partial charge in [-0.05, 0) is 73.0 Å². The van der Waals surface area contributed by atoms with Crippen LogP contribution in [0.2, 0.25) is 0 Å². The van der Waals surface area contributed by atoms with E-state index in [-0.39, 0.29) is 0 Å². The van der Waals surface area contributed by atoms with Crippen LogP contribution in [0.3, 0.4) is 0 Å². The number of hydrogen-bond acceptors (Lipinski definition) is 5. The van der Waals surface area contributed by atoms with E-state index in [0.29, 0.717) is 22.8 Å². The molecular weight excluding hydrogens is 402 g/mol. The van der Waals surface area contributed by atoms with E-state index in [9.17, 15) is 4.79 Å². The van der Waals surface area contributed by atoms with E-state index in [4.69, 9.17) is 20.3 Å². The molecule has 162 valence electrons. The summed E-state index contributed by atoms with van der Waals surface area (Å²) in [6, 6.07) is 21.2. The number of aromatic nitrogens is 2. The van der Waals surface area contributed by atoms with Crippen molar-refractivity contribution >= 4 is 11.7 Å². The summed E-state index contributed by atoms with van der Waals surface area (Å²) in [5, 5.41) is 4.93. The fourth-order valence-corrected chi connectivity index (χ4v) is 3.60. The third-order valence-corrected chi connectivity index (χ3v) is 5.24. The standard InChI is InChI=1S/C26H25N3O3/c1-16-5-6-17(2)23(15-16)29-26(32-18(3)30)24(19-7-11-21(27)12-8-19)25(28-29)20-9-13-22(31-4)14-10-20/h5-15H,27H2,1-4H3. The van der Waals surface area contributed by atoms with Gasteiger partial charge in [0.1, 0.15) is 11.4 Å². The van der Waals surface area contributed by atoms with Gasteiger partial charge in [0.25, 0.3) is 0 Å². The van der Waals surface area contributed by atoms with Crippen LogP contribution in [0.15, 0.2) is 66.7 Å². The number of nitrogens with two attached hydrogens (primary N) is 1. The summed E-state index contributed by atoms with van der Waals surface area (Å²) in [6.07, 6.45) is 0. The van der Waals surface area contributed by atoms with E-state index in [1.807, 2.05) is 80.6 Å². The number of nitrogen functional groups attached to an aromatic ring is 1. The van der Waals surface area contributed by atoms with Gasteiger partial charge in [0.2, 0.25) is 5.88 Å². The zero-order chi connectivity index (χ0) is 22.8. The first-order valence-corrected chi connectivity index (χ1v) is 10.3. The van der Waals surface area contributed by atoms with Gasteiger partial charge in [-0.2, -0.15) is 9.78 Å². The van der Waals surface area contributed by atoms with Gasteiger partial charge >= 0.3 is 5.97 Å². The first-order valence-electron chi connectivity index (χ1n) is 10.3. The van der Waals surface area contributed by atoms with E-state index < -0.39 is 5.97 Å². The number of aryl methyl sites for hydroxylation is 2. The Hall–Kier alpha value is -4.06. The number of anilines is 1. The predicted molar refractivity (Wildman–Crippen MR) is 126 cm³/mol. The van der Waals surface area contributed by atoms with Gasteiger partial charge in [-0.15, -0.1) is 0 Å². The van der Waals surface area contributed by atoms with Crippen LogP contribution >= 0.6 is 0 Å². The number of benzene rings is 3. The Balaban J connectivity index is 2.05. The molecule has 0 aliphatic heterocycles. The molecule has 0 aliphatic carbocycles. The van der Waals surface area contributed by atoms with Crippen molar-refractivity contribution in [2.24, 2.45) is 0 Å². The lowest BCUT2D eigenvalue weighted by Crippen LogP contribution is -2.09. The smallest absolute Gasteiger partial charge is 0.309 e. The minimum atomic E-state index is -0.422. The number of carbonyl (C=O) groups is 1. The number of carbonyl (C=O) groups excluding carboxylic acids is 1. The van der Waals surface area contributed by atoms with Crippen LogP contribution in [0.4, 0.5) is 5.69 Å². The second kappa shape index (κ2) is 8.59. The Morgan fingerprint density at radius 2 is 1.59 bits per heavy atom. The zero-order valence-corrected chi connectivity index (χ0v) is 18.5. The fourth-order valence-electron chi connectivity index (χ4n) is 3.60. The van der Waals surface area contributed by atoms with Crippen molar-refractivity contribution < 1.29 is 14.3 Å². The number of methoxy groups -OCH3 is 1. The van der Waals surface area contributed by atoms with Crippen LogP contribution in [0.5, 0.6) is 11.6 Å². The van der Waals surface area contributed by atoms with Gasteiger partial charge in [0, 0.05) is 18.2 Å². The van der Waals surface area contributed by atoms with Crippen molar-refractivity contribution in [1.29, 1.82) is 0 Å². The molecule has 0 radical (unpaired) electrons. The highest BCUT2D eigenvalue weighted by Gasteiger charge is 2.25. The zero-order valence-electron chi connectivity index (χ0n) is 18.5. The minimum Gasteiger partial charge on any atom is -0.497 e. The number of rotatable bonds is 5. The van der Waals surface area contributed by atoms with Gasteiger partial charge in [-0.3, -0.25) is 4.79 Å². The van der Waals surface area contributed by atoms with Crippen molar-refractivity contribution in [2.75, 3.05) is 12.8 Å². The molecule has 0 saturated carbocycles. The lowest BCUT2D eigenvalue weighted by molar-refractivity contribution is -0.132. The molecule has 1 aromatic heterocycles. The van der Waals surface area contributed by atoms with Crippen LogP contribution in [0.1, 0.15) is 18.1 Å². The molecule has 6 nitrogen and oxygen atoms in total. The molecule has 0 amide bonds. The maximum atomic E-state index is 12.1. The monoisotopic (exact) mass is 427 g/mol. The largest absolute Gasteiger partial charge is 0.497 e. The van der Waals surface area contributed by atoms with Crippen LogP contribution in [-0.4, -0.2) is 22.9 Å². The molecule has 4 rings (SSSR count). The molecule has 0 unspecified atom stereocenters. The summed E-state index contributed by atoms with van der Waals surface area (Å²) in [5.74, 6) is 0.688. The maximum Gasteiger partial charge on any atom is 0.309 e. The molecular formula is C26H25N3O3. The molecule has 2 N–H and O–H groups in total. The molecule has 4 aromatic rings. The van der Waals surface area contributed by atoms with Gasteiger partial charge in [0.05, 0.1) is 18.4 Å². The predicted octanol–water partition coefficient (Wildman–Crippen LogP) is 5.34. The van der Waals surface area contributed by atoms with Gasteiger partial charge in [-0.25, -0.2) is 0 Å². The third-order valence-electron chi connectivity index (χ3n) is 5.24. The van der Waals surface area contributed by atoms with Crippen molar-refractivity contribution in [3.63, 3.8) is 0 Å². The lowest BCUT2D eigenvalue weighted by atomic mass is 10.0. The molecule has 0 spiro atoms. The summed E-state index contributed by atoms with van der Waals surface area (Å²) in [7, 11) is 1.63. The van der Waals surface area contributed by atoms with Crippen molar-refractivity contribution in [3.05, 3.63) is 77.9 Å². The summed E-state index contributed by atoms with van der Waals surface area (Å²) in [4.78, 5) is 12.1. The van der Waals surface area contributed by atoms with Crippen molar-refractivity contribution in [3.8, 4) is 39.7 Å². The topological polar surface area (TPSA) is 79.4 Å². The third kappa shape index (κ3) is 4.07. The van der Waals surface area contributed by atoms with Crippen molar-refractivity contribution in [2.45, 2.75) is 20.8 Å². The first kappa shape index (κ1) is 21.2. The van der Waals surface area contributed by atoms with E-state index in [2.05, 4.69) is 0 Å². The minimum absolute atomic E-state index is 0.363. The molecule has 32 heavy (non-hydrogen) atoms. The highest BCUT2D eigenvalue weighted by atomic mass is 16.5. The lowest BCUT2D eigenvalue weighted by Gasteiger charge is -2.12. The Morgan fingerprint density at radius 3 is 2.22 bits per heavy atom. The van der Waals surface area contributed by atoms with E-state index in [1.165, 1.54) is 6.92 Å². The average molecular weight is 428 g/mol. The highest BCUT2D eigenvalue weighted by Crippen LogP contribution is 2.41. The number of esters is 1. The maximum absolute atomic E-state index is 12.1. The second-order valence-electron chi connectivity index (χ2n) is 7.67. The molecule has 3 aromatic carbocycles. The Labute approximate surface area is 187 Å². The summed E-state index contributed by atoms with van der Waals surface area (Å²) < 4.78 is 12.8. The van der Waals surface area contributed by atoms with Crippen LogP contribution < -0.4 is 15.2 Å². The Morgan fingerprint density at radius 1 is 0.938 bits per heavy atom. The van der Waals surface area contributed by atoms with Gasteiger partial charge in [-0.1, -0.05) is 24.3 Å². The average Bonchev–Trinajstić information content (AvgIpc) is 3.14. The SMILES string of the molecule is COc1ccc(-c2nn(-c3cc(C)ccc3C)c(OC(C)=O)c2-c2ccc(N)cc2)cc1. The molecule has 1 heterocycles. The van der Waals surface area contributed by atoms with Crippen LogP contribution in [-0.2, 0) is 4.79 Å². The Kier molecular flexibility index (Phi) is 5.69. The quantitative estimate of drug-likeness (QED) is 0.344. The molecule has 0 aliphatic rings. The van der Waals surface area contributed by atoms with E-state index in [1.54, 1.807) is 11.8 Å². The highest BCUT2D eigenvalue weighted by molar-refractivity contribution is 5.87. The van der Waals surface area contributed by atoms with Gasteiger partial charge in [0.15, 0.2) is 0 Å². The molecule has 0 bridgehead atoms. The molecule has 0 saturated heterocycles. The fraction of sp³-hybridized carbons (Fsp3) is 0.154. The van der Waals surface area contributed by atoms with E-state index >= 15 is 0 Å². The summed E-state index contributed by atoms with van der Waals surface area (Å²) in [6.45, 7) is 5.41. The van der Waals surface area contributed by atoms with E-state index in [0.717, 1.165) is 33.7 Å². The van der Waals surface area contributed by atoms with Gasteiger partial charge < -0.3 is 15.2 Å². The first-order chi connectivity index (χ1) is 15.4. The van der Waals surface area contributed by atoms with Crippen LogP contribution in [0, 0.1) is 13.8 Å². The number of nitrogens with zero attached hydrogens (tertiary/aromatic N) is 2. The second-order valence-corrected chi connectivity index (χ2v) is 7.67. The van der Waals surface area contributed by atoms with Crippen molar-refractivity contribution in [1.82, 2.24) is 9.78 Å². The normalized spacial score (nSPS) is 10.8. The van der Waals surface area contributed by atoms with Crippen LogP contribution in [0.25, 0.3) is 28.1 Å². The summed E-state index contributed by atoms with van der Waals surface area (Å²) in [5.41, 5.74) is 12.6. The molecule has 0 fully saturated rings. The number of hydrogen-bond donors (Lipinski definition) is 1. The molecule has 0 atom stereocenters. The Bertz CT molecular complexity index is 1270.